The highest BCUT2D eigenvalue weighted by Gasteiger charge is 2.39. The van der Waals surface area contributed by atoms with Crippen molar-refractivity contribution in [3.63, 3.8) is 0 Å². The van der Waals surface area contributed by atoms with Gasteiger partial charge in [0.05, 0.1) is 19.2 Å². The third-order valence-corrected chi connectivity index (χ3v) is 6.27. The van der Waals surface area contributed by atoms with Crippen LogP contribution in [-0.2, 0) is 14.3 Å². The van der Waals surface area contributed by atoms with Crippen LogP contribution in [0.3, 0.4) is 0 Å². The quantitative estimate of drug-likeness (QED) is 0.387. The fraction of sp³-hybridized carbons (Fsp3) is 0.423. The van der Waals surface area contributed by atoms with Crippen LogP contribution in [0.1, 0.15) is 42.9 Å². The predicted octanol–water partition coefficient (Wildman–Crippen LogP) is 4.50. The van der Waals surface area contributed by atoms with Crippen molar-refractivity contribution in [2.24, 2.45) is 0 Å². The van der Waals surface area contributed by atoms with Gasteiger partial charge in [0, 0.05) is 25.1 Å². The summed E-state index contributed by atoms with van der Waals surface area (Å²) in [6.07, 6.45) is 1.64. The van der Waals surface area contributed by atoms with Crippen LogP contribution >= 0.6 is 0 Å². The van der Waals surface area contributed by atoms with E-state index in [1.807, 2.05) is 37.3 Å². The van der Waals surface area contributed by atoms with Gasteiger partial charge in [-0.1, -0.05) is 24.3 Å². The molecule has 3 atom stereocenters. The van der Waals surface area contributed by atoms with Gasteiger partial charge < -0.3 is 24.5 Å². The molecule has 2 aromatic carbocycles. The molecule has 35 heavy (non-hydrogen) atoms. The summed E-state index contributed by atoms with van der Waals surface area (Å²) in [5, 5.41) is 12.1. The number of nitrogens with one attached hydrogen (secondary N) is 1. The van der Waals surface area contributed by atoms with E-state index in [0.717, 1.165) is 11.3 Å². The molecule has 9 heteroatoms. The van der Waals surface area contributed by atoms with Crippen LogP contribution < -0.4 is 5.32 Å². The van der Waals surface area contributed by atoms with Gasteiger partial charge in [0.25, 0.3) is 0 Å². The first-order chi connectivity index (χ1) is 16.9. The molecule has 0 radical (unpaired) electrons. The number of amides is 1. The van der Waals surface area contributed by atoms with Crippen LogP contribution in [-0.4, -0.2) is 58.8 Å². The van der Waals surface area contributed by atoms with Gasteiger partial charge in [-0.15, -0.1) is 0 Å². The molecule has 4 rings (SSSR count). The summed E-state index contributed by atoms with van der Waals surface area (Å²) < 4.78 is 25.6. The topological polar surface area (TPSA) is 105 Å². The number of hydrogen-bond donors (Lipinski definition) is 2. The number of likely N-dealkylation sites (tertiary alicyclic amines) is 1. The van der Waals surface area contributed by atoms with Crippen molar-refractivity contribution in [2.75, 3.05) is 25.1 Å². The Hall–Kier alpha value is -3.46. The SMILES string of the molecule is Cc1ccccc1NC(C(=O)N1C[C@@H](F)C[C@H]1COCCCCC(=O)O)c1ccc2ncoc2c1. The van der Waals surface area contributed by atoms with Crippen LogP contribution in [0.15, 0.2) is 53.3 Å². The molecule has 8 nitrogen and oxygen atoms in total. The first-order valence-electron chi connectivity index (χ1n) is 11.8. The average molecular weight is 484 g/mol. The van der Waals surface area contributed by atoms with Gasteiger partial charge in [0.2, 0.25) is 5.91 Å². The summed E-state index contributed by atoms with van der Waals surface area (Å²) in [5.74, 6) is -1.08. The third kappa shape index (κ3) is 6.16. The Bertz CT molecular complexity index is 1170. The Morgan fingerprint density at radius 1 is 1.29 bits per heavy atom. The van der Waals surface area contributed by atoms with E-state index in [2.05, 4.69) is 10.3 Å². The largest absolute Gasteiger partial charge is 0.481 e. The molecule has 2 heterocycles. The molecule has 0 bridgehead atoms. The van der Waals surface area contributed by atoms with Crippen molar-refractivity contribution in [1.29, 1.82) is 0 Å². The Balaban J connectivity index is 1.51. The number of aromatic nitrogens is 1. The average Bonchev–Trinajstić information content (AvgIpc) is 3.45. The lowest BCUT2D eigenvalue weighted by atomic mass is 10.0. The molecule has 0 saturated carbocycles. The predicted molar refractivity (Wildman–Crippen MR) is 129 cm³/mol. The van der Waals surface area contributed by atoms with E-state index in [0.29, 0.717) is 36.1 Å². The molecule has 3 aromatic rings. The zero-order chi connectivity index (χ0) is 24.8. The monoisotopic (exact) mass is 483 g/mol. The van der Waals surface area contributed by atoms with Gasteiger partial charge in [0.1, 0.15) is 17.7 Å². The normalized spacial score (nSPS) is 18.6. The number of rotatable bonds is 11. The van der Waals surface area contributed by atoms with Crippen LogP contribution in [0, 0.1) is 6.92 Å². The number of para-hydroxylation sites is 1. The summed E-state index contributed by atoms with van der Waals surface area (Å²) in [5.41, 5.74) is 3.74. The highest BCUT2D eigenvalue weighted by atomic mass is 19.1. The number of oxazole rings is 1. The van der Waals surface area contributed by atoms with E-state index in [9.17, 15) is 14.0 Å². The number of carbonyl (C=O) groups is 2. The summed E-state index contributed by atoms with van der Waals surface area (Å²) in [4.78, 5) is 30.2. The molecule has 1 aliphatic heterocycles. The Morgan fingerprint density at radius 3 is 2.91 bits per heavy atom. The Morgan fingerprint density at radius 2 is 2.11 bits per heavy atom. The van der Waals surface area contributed by atoms with Crippen LogP contribution in [0.4, 0.5) is 10.1 Å². The van der Waals surface area contributed by atoms with Crippen molar-refractivity contribution in [3.8, 4) is 0 Å². The molecule has 1 fully saturated rings. The second-order valence-corrected chi connectivity index (χ2v) is 8.87. The number of benzene rings is 2. The smallest absolute Gasteiger partial charge is 0.303 e. The number of nitrogens with zero attached hydrogens (tertiary/aromatic N) is 2. The van der Waals surface area contributed by atoms with Gasteiger partial charge in [0.15, 0.2) is 12.0 Å². The van der Waals surface area contributed by atoms with Crippen LogP contribution in [0.5, 0.6) is 0 Å². The number of hydrogen-bond acceptors (Lipinski definition) is 6. The van der Waals surface area contributed by atoms with Crippen molar-refractivity contribution in [3.05, 3.63) is 60.0 Å². The second kappa shape index (κ2) is 11.3. The minimum Gasteiger partial charge on any atom is -0.481 e. The van der Waals surface area contributed by atoms with Crippen LogP contribution in [0.25, 0.3) is 11.1 Å². The van der Waals surface area contributed by atoms with Gasteiger partial charge in [-0.25, -0.2) is 9.37 Å². The molecular weight excluding hydrogens is 453 g/mol. The number of fused-ring (bicyclic) bond motifs is 1. The van der Waals surface area contributed by atoms with Crippen molar-refractivity contribution < 1.29 is 28.2 Å². The molecule has 1 saturated heterocycles. The van der Waals surface area contributed by atoms with Crippen molar-refractivity contribution in [1.82, 2.24) is 9.88 Å². The number of anilines is 1. The number of carbonyl (C=O) groups excluding carboxylic acids is 1. The summed E-state index contributed by atoms with van der Waals surface area (Å²) in [7, 11) is 0. The highest BCUT2D eigenvalue weighted by Crippen LogP contribution is 2.30. The summed E-state index contributed by atoms with van der Waals surface area (Å²) in [6.45, 7) is 2.54. The molecule has 0 spiro atoms. The van der Waals surface area contributed by atoms with Crippen molar-refractivity contribution in [2.45, 2.75) is 50.9 Å². The minimum atomic E-state index is -1.13. The maximum atomic E-state index is 14.5. The zero-order valence-corrected chi connectivity index (χ0v) is 19.7. The van der Waals surface area contributed by atoms with Gasteiger partial charge in [-0.2, -0.15) is 0 Å². The van der Waals surface area contributed by atoms with E-state index in [4.69, 9.17) is 14.3 Å². The standard InChI is InChI=1S/C26H30FN3O5/c1-17-6-2-3-7-21(17)29-25(18-9-10-22-23(12-18)35-16-28-22)26(33)30-14-19(27)13-20(30)15-34-11-5-4-8-24(31)32/h2-3,6-7,9-10,12,16,19-20,25,29H,4-5,8,11,13-15H2,1H3,(H,31,32)/t19-,20-,25?/m0/s1. The Labute approximate surface area is 203 Å². The van der Waals surface area contributed by atoms with Gasteiger partial charge in [-0.05, 0) is 49.1 Å². The molecule has 1 aromatic heterocycles. The fourth-order valence-electron chi connectivity index (χ4n) is 4.38. The lowest BCUT2D eigenvalue weighted by Crippen LogP contribution is -2.43. The number of aryl methyl sites for hydroxylation is 1. The maximum Gasteiger partial charge on any atom is 0.303 e. The number of carboxylic acid groups (broad SMARTS) is 1. The molecular formula is C26H30FN3O5. The molecule has 1 amide bonds. The molecule has 2 N–H and O–H groups in total. The third-order valence-electron chi connectivity index (χ3n) is 6.27. The van der Waals surface area contributed by atoms with Gasteiger partial charge >= 0.3 is 5.97 Å². The molecule has 1 unspecified atom stereocenters. The highest BCUT2D eigenvalue weighted by molar-refractivity contribution is 5.88. The maximum absolute atomic E-state index is 14.5. The number of aliphatic carboxylic acids is 1. The van der Waals surface area contributed by atoms with E-state index in [-0.39, 0.29) is 31.9 Å². The first kappa shape index (κ1) is 24.7. The zero-order valence-electron chi connectivity index (χ0n) is 19.7. The minimum absolute atomic E-state index is 0.00236. The molecule has 1 aliphatic rings. The first-order valence-corrected chi connectivity index (χ1v) is 11.8. The fourth-order valence-corrected chi connectivity index (χ4v) is 4.38. The molecule has 186 valence electrons. The van der Waals surface area contributed by atoms with Crippen molar-refractivity contribution >= 4 is 28.7 Å². The second-order valence-electron chi connectivity index (χ2n) is 8.87. The number of alkyl halides is 1. The van der Waals surface area contributed by atoms with Gasteiger partial charge in [-0.3, -0.25) is 9.59 Å². The van der Waals surface area contributed by atoms with E-state index in [1.165, 1.54) is 6.39 Å². The number of ether oxygens (including phenoxy) is 1. The lowest BCUT2D eigenvalue weighted by Gasteiger charge is -2.30. The molecule has 0 aliphatic carbocycles. The summed E-state index contributed by atoms with van der Waals surface area (Å²) >= 11 is 0. The summed E-state index contributed by atoms with van der Waals surface area (Å²) in [6, 6.07) is 11.9. The van der Waals surface area contributed by atoms with Crippen LogP contribution in [0.2, 0.25) is 0 Å². The number of halogens is 1. The number of unbranched alkanes of at least 4 members (excludes halogenated alkanes) is 1. The van der Waals surface area contributed by atoms with E-state index in [1.54, 1.807) is 17.0 Å². The Kier molecular flexibility index (Phi) is 7.97. The lowest BCUT2D eigenvalue weighted by molar-refractivity contribution is -0.137. The number of carboxylic acids is 1. The van der Waals surface area contributed by atoms with E-state index >= 15 is 0 Å². The van der Waals surface area contributed by atoms with E-state index < -0.39 is 24.2 Å².